The molecule has 0 bridgehead atoms. The predicted molar refractivity (Wildman–Crippen MR) is 153 cm³/mol. The lowest BCUT2D eigenvalue weighted by Gasteiger charge is -2.25. The van der Waals surface area contributed by atoms with Crippen molar-refractivity contribution in [2.24, 2.45) is 0 Å². The normalized spacial score (nSPS) is 15.2. The molecule has 1 N–H and O–H groups in total. The van der Waals surface area contributed by atoms with Crippen molar-refractivity contribution >= 4 is 5.91 Å². The second kappa shape index (κ2) is 10.7. The highest BCUT2D eigenvalue weighted by Gasteiger charge is 2.31. The van der Waals surface area contributed by atoms with Crippen LogP contribution in [0.3, 0.4) is 0 Å². The number of carbonyl (C=O) groups is 1. The molecule has 0 unspecified atom stereocenters. The second-order valence-corrected chi connectivity index (χ2v) is 10.8. The molecule has 1 aliphatic carbocycles. The van der Waals surface area contributed by atoms with Crippen LogP contribution in [0.1, 0.15) is 64.0 Å². The van der Waals surface area contributed by atoms with E-state index in [1.54, 1.807) is 0 Å². The van der Waals surface area contributed by atoms with Gasteiger partial charge in [0.1, 0.15) is 12.4 Å². The van der Waals surface area contributed by atoms with Gasteiger partial charge in [0.05, 0.1) is 11.1 Å². The highest BCUT2D eigenvalue weighted by Crippen LogP contribution is 2.47. The SMILES string of the molecule is CCNC(=O)c1noc(-c2cc(C3CC3)c(C)cc2OCc2ccccc2)c1-c1ccc2c(c1)CCN(C)C2. The third kappa shape index (κ3) is 5.21. The molecule has 6 rings (SSSR count). The molecular formula is C33H35N3O3. The number of rotatable bonds is 8. The lowest BCUT2D eigenvalue weighted by molar-refractivity contribution is 0.0947. The van der Waals surface area contributed by atoms with Crippen molar-refractivity contribution in [2.45, 2.75) is 52.2 Å². The number of fused-ring (bicyclic) bond motifs is 1. The van der Waals surface area contributed by atoms with Gasteiger partial charge in [-0.15, -0.1) is 0 Å². The van der Waals surface area contributed by atoms with Crippen LogP contribution in [0.15, 0.2) is 65.2 Å². The largest absolute Gasteiger partial charge is 0.488 e. The minimum Gasteiger partial charge on any atom is -0.488 e. The average Bonchev–Trinajstić information content (AvgIpc) is 3.69. The number of nitrogens with zero attached hydrogens (tertiary/aromatic N) is 2. The number of likely N-dealkylation sites (N-methyl/N-ethyl adjacent to an activating group) is 1. The molecule has 3 aromatic carbocycles. The third-order valence-corrected chi connectivity index (χ3v) is 7.81. The molecule has 2 aliphatic rings. The van der Waals surface area contributed by atoms with E-state index in [1.165, 1.54) is 35.1 Å². The van der Waals surface area contributed by atoms with Crippen LogP contribution in [0.25, 0.3) is 22.5 Å². The smallest absolute Gasteiger partial charge is 0.274 e. The van der Waals surface area contributed by atoms with Crippen LogP contribution in [-0.4, -0.2) is 36.1 Å². The molecular weight excluding hydrogens is 486 g/mol. The minimum atomic E-state index is -0.235. The van der Waals surface area contributed by atoms with Gasteiger partial charge < -0.3 is 19.5 Å². The Balaban J connectivity index is 1.49. The van der Waals surface area contributed by atoms with Crippen molar-refractivity contribution in [2.75, 3.05) is 20.1 Å². The Kier molecular flexibility index (Phi) is 6.96. The van der Waals surface area contributed by atoms with E-state index in [1.807, 2.05) is 25.1 Å². The molecule has 6 heteroatoms. The number of hydrogen-bond donors (Lipinski definition) is 1. The second-order valence-electron chi connectivity index (χ2n) is 10.8. The van der Waals surface area contributed by atoms with E-state index in [2.05, 4.69) is 71.8 Å². The first-order valence-electron chi connectivity index (χ1n) is 13.9. The van der Waals surface area contributed by atoms with Crippen LogP contribution < -0.4 is 10.1 Å². The Labute approximate surface area is 230 Å². The molecule has 1 amide bonds. The number of aryl methyl sites for hydroxylation is 1. The number of amides is 1. The number of carbonyl (C=O) groups excluding carboxylic acids is 1. The lowest BCUT2D eigenvalue weighted by Crippen LogP contribution is -2.26. The van der Waals surface area contributed by atoms with Gasteiger partial charge in [-0.05, 0) is 91.6 Å². The van der Waals surface area contributed by atoms with Crippen LogP contribution in [0.5, 0.6) is 5.75 Å². The zero-order valence-corrected chi connectivity index (χ0v) is 22.9. The van der Waals surface area contributed by atoms with Gasteiger partial charge in [0.15, 0.2) is 11.5 Å². The summed E-state index contributed by atoms with van der Waals surface area (Å²) in [5.41, 5.74) is 9.06. The highest BCUT2D eigenvalue weighted by atomic mass is 16.5. The Morgan fingerprint density at radius 1 is 1.10 bits per heavy atom. The molecule has 0 spiro atoms. The monoisotopic (exact) mass is 521 g/mol. The summed E-state index contributed by atoms with van der Waals surface area (Å²) in [6.45, 7) is 6.94. The third-order valence-electron chi connectivity index (χ3n) is 7.81. The number of nitrogens with one attached hydrogen (secondary N) is 1. The number of aromatic nitrogens is 1. The predicted octanol–water partition coefficient (Wildman–Crippen LogP) is 6.51. The van der Waals surface area contributed by atoms with Crippen LogP contribution in [0.2, 0.25) is 0 Å². The Hall–Kier alpha value is -3.90. The van der Waals surface area contributed by atoms with Crippen molar-refractivity contribution in [1.29, 1.82) is 0 Å². The summed E-state index contributed by atoms with van der Waals surface area (Å²) >= 11 is 0. The molecule has 4 aromatic rings. The van der Waals surface area contributed by atoms with Crippen molar-refractivity contribution in [3.8, 4) is 28.2 Å². The summed E-state index contributed by atoms with van der Waals surface area (Å²) < 4.78 is 12.5. The average molecular weight is 522 g/mol. The van der Waals surface area contributed by atoms with Crippen molar-refractivity contribution in [1.82, 2.24) is 15.4 Å². The number of ether oxygens (including phenoxy) is 1. The fourth-order valence-corrected chi connectivity index (χ4v) is 5.56. The molecule has 1 fully saturated rings. The summed E-state index contributed by atoms with van der Waals surface area (Å²) in [4.78, 5) is 15.5. The van der Waals surface area contributed by atoms with E-state index in [0.717, 1.165) is 47.5 Å². The van der Waals surface area contributed by atoms with E-state index in [-0.39, 0.29) is 5.91 Å². The number of hydrogen-bond acceptors (Lipinski definition) is 5. The maximum Gasteiger partial charge on any atom is 0.274 e. The van der Waals surface area contributed by atoms with Gasteiger partial charge in [0.25, 0.3) is 5.91 Å². The van der Waals surface area contributed by atoms with E-state index in [0.29, 0.717) is 30.5 Å². The zero-order chi connectivity index (χ0) is 26.9. The summed E-state index contributed by atoms with van der Waals surface area (Å²) in [7, 11) is 2.15. The fraction of sp³-hybridized carbons (Fsp3) is 0.333. The number of benzene rings is 3. The van der Waals surface area contributed by atoms with Crippen LogP contribution in [0.4, 0.5) is 0 Å². The summed E-state index contributed by atoms with van der Waals surface area (Å²) in [5.74, 6) is 1.64. The zero-order valence-electron chi connectivity index (χ0n) is 22.9. The van der Waals surface area contributed by atoms with Crippen LogP contribution in [-0.2, 0) is 19.6 Å². The summed E-state index contributed by atoms with van der Waals surface area (Å²) in [5, 5.41) is 7.25. The van der Waals surface area contributed by atoms with Crippen molar-refractivity contribution < 1.29 is 14.1 Å². The van der Waals surface area contributed by atoms with Gasteiger partial charge in [0.2, 0.25) is 0 Å². The van der Waals surface area contributed by atoms with Gasteiger partial charge in [-0.25, -0.2) is 0 Å². The molecule has 200 valence electrons. The van der Waals surface area contributed by atoms with E-state index < -0.39 is 0 Å². The molecule has 1 aliphatic heterocycles. The molecule has 0 atom stereocenters. The van der Waals surface area contributed by atoms with E-state index in [4.69, 9.17) is 9.26 Å². The Morgan fingerprint density at radius 3 is 2.69 bits per heavy atom. The van der Waals surface area contributed by atoms with E-state index in [9.17, 15) is 4.79 Å². The first-order chi connectivity index (χ1) is 19.0. The molecule has 0 saturated heterocycles. The topological polar surface area (TPSA) is 67.6 Å². The first kappa shape index (κ1) is 25.4. The van der Waals surface area contributed by atoms with Crippen LogP contribution >= 0.6 is 0 Å². The molecule has 1 aromatic heterocycles. The van der Waals surface area contributed by atoms with Gasteiger partial charge in [-0.1, -0.05) is 53.7 Å². The quantitative estimate of drug-likeness (QED) is 0.286. The fourth-order valence-electron chi connectivity index (χ4n) is 5.56. The molecule has 0 radical (unpaired) electrons. The van der Waals surface area contributed by atoms with Crippen LogP contribution in [0, 0.1) is 6.92 Å². The molecule has 6 nitrogen and oxygen atoms in total. The van der Waals surface area contributed by atoms with Gasteiger partial charge in [-0.3, -0.25) is 4.79 Å². The standard InChI is InChI=1S/C33H35N3O3/c1-4-34-33(37)31-30(25-12-13-26-19-36(3)15-14-24(26)17-25)32(39-35-31)28-18-27(23-10-11-23)21(2)16-29(28)38-20-22-8-6-5-7-9-22/h5-9,12-13,16-18,23H,4,10-11,14-15,19-20H2,1-3H3,(H,34,37). The van der Waals surface area contributed by atoms with Crippen molar-refractivity contribution in [3.63, 3.8) is 0 Å². The summed E-state index contributed by atoms with van der Waals surface area (Å²) in [6.07, 6.45) is 3.35. The van der Waals surface area contributed by atoms with Gasteiger partial charge >= 0.3 is 0 Å². The van der Waals surface area contributed by atoms with E-state index >= 15 is 0 Å². The maximum atomic E-state index is 13.2. The lowest BCUT2D eigenvalue weighted by atomic mass is 9.91. The Bertz CT molecular complexity index is 1500. The molecule has 1 saturated carbocycles. The van der Waals surface area contributed by atoms with Gasteiger partial charge in [0, 0.05) is 19.6 Å². The first-order valence-corrected chi connectivity index (χ1v) is 13.9. The molecule has 39 heavy (non-hydrogen) atoms. The maximum absolute atomic E-state index is 13.2. The Morgan fingerprint density at radius 2 is 1.92 bits per heavy atom. The van der Waals surface area contributed by atoms with Gasteiger partial charge in [-0.2, -0.15) is 0 Å². The highest BCUT2D eigenvalue weighted by molar-refractivity contribution is 6.02. The van der Waals surface area contributed by atoms with Crippen molar-refractivity contribution in [3.05, 3.63) is 94.2 Å². The minimum absolute atomic E-state index is 0.235. The molecule has 2 heterocycles. The summed E-state index contributed by atoms with van der Waals surface area (Å²) in [6, 6.07) is 21.0.